The third-order valence-corrected chi connectivity index (χ3v) is 3.94. The highest BCUT2D eigenvalue weighted by Crippen LogP contribution is 2.14. The van der Waals surface area contributed by atoms with Crippen LogP contribution in [0.4, 0.5) is 4.39 Å². The van der Waals surface area contributed by atoms with Gasteiger partial charge < -0.3 is 25.5 Å². The molecule has 0 radical (unpaired) electrons. The van der Waals surface area contributed by atoms with Crippen LogP contribution in [0.15, 0.2) is 36.7 Å². The molecule has 0 bridgehead atoms. The summed E-state index contributed by atoms with van der Waals surface area (Å²) in [5.74, 6) is 0.0413. The van der Waals surface area contributed by atoms with Crippen molar-refractivity contribution < 1.29 is 19.0 Å². The lowest BCUT2D eigenvalue weighted by Crippen LogP contribution is -2.44. The average Bonchev–Trinajstić information content (AvgIpc) is 3.21. The monoisotopic (exact) mass is 334 g/mol. The van der Waals surface area contributed by atoms with Crippen LogP contribution < -0.4 is 10.6 Å². The number of aliphatic hydroxyl groups excluding tert-OH is 1. The summed E-state index contributed by atoms with van der Waals surface area (Å²) in [5, 5.41) is 16.1. The molecular weight excluding hydrogens is 315 g/mol. The highest BCUT2D eigenvalue weighted by molar-refractivity contribution is 5.94. The third kappa shape index (κ3) is 3.97. The number of benzene rings is 1. The van der Waals surface area contributed by atoms with E-state index in [1.54, 1.807) is 12.4 Å². The molecule has 24 heavy (non-hydrogen) atoms. The number of nitrogens with one attached hydrogen (secondary N) is 3. The zero-order valence-corrected chi connectivity index (χ0v) is 12.9. The van der Waals surface area contributed by atoms with Gasteiger partial charge in [0.2, 0.25) is 0 Å². The molecule has 8 heteroatoms. The lowest BCUT2D eigenvalue weighted by molar-refractivity contribution is 0.0398. The Morgan fingerprint density at radius 2 is 2.21 bits per heavy atom. The van der Waals surface area contributed by atoms with Gasteiger partial charge in [-0.2, -0.15) is 0 Å². The van der Waals surface area contributed by atoms with Gasteiger partial charge in [-0.3, -0.25) is 4.79 Å². The predicted octanol–water partition coefficient (Wildman–Crippen LogP) is 0.197. The maximum absolute atomic E-state index is 12.9. The minimum absolute atomic E-state index is 0.177. The summed E-state index contributed by atoms with van der Waals surface area (Å²) in [6, 6.07) is 5.03. The van der Waals surface area contributed by atoms with Crippen molar-refractivity contribution in [1.29, 1.82) is 0 Å². The van der Waals surface area contributed by atoms with E-state index in [0.717, 1.165) is 5.82 Å². The summed E-state index contributed by atoms with van der Waals surface area (Å²) in [6.45, 7) is 1.02. The third-order valence-electron chi connectivity index (χ3n) is 3.94. The standard InChI is InChI=1S/C16H19FN4O3/c17-11-3-1-10(2-4-11)16(23)21-7-13-15(22)12(9-24-13)20-8-14-18-5-6-19-14/h1-6,12-13,15,20,22H,7-9H2,(H,18,19)(H,21,23)/t12-,13-,15+/m1/s1. The van der Waals surface area contributed by atoms with Crippen LogP contribution >= 0.6 is 0 Å². The van der Waals surface area contributed by atoms with Gasteiger partial charge in [-0.15, -0.1) is 0 Å². The van der Waals surface area contributed by atoms with E-state index in [1.807, 2.05) is 0 Å². The van der Waals surface area contributed by atoms with Crippen LogP contribution in [0.2, 0.25) is 0 Å². The minimum Gasteiger partial charge on any atom is -0.389 e. The number of imidazole rings is 1. The van der Waals surface area contributed by atoms with Gasteiger partial charge in [0.05, 0.1) is 25.3 Å². The number of hydrogen-bond acceptors (Lipinski definition) is 5. The Bertz CT molecular complexity index is 662. The van der Waals surface area contributed by atoms with Gasteiger partial charge in [0.25, 0.3) is 5.91 Å². The van der Waals surface area contributed by atoms with Crippen LogP contribution in [0.3, 0.4) is 0 Å². The van der Waals surface area contributed by atoms with Gasteiger partial charge in [-0.1, -0.05) is 0 Å². The van der Waals surface area contributed by atoms with Crippen LogP contribution in [0.1, 0.15) is 16.2 Å². The number of aromatic nitrogens is 2. The molecule has 2 aromatic rings. The second kappa shape index (κ2) is 7.52. The van der Waals surface area contributed by atoms with Crippen LogP contribution in [0, 0.1) is 5.82 Å². The van der Waals surface area contributed by atoms with E-state index in [0.29, 0.717) is 18.7 Å². The summed E-state index contributed by atoms with van der Waals surface area (Å²) < 4.78 is 18.4. The Morgan fingerprint density at radius 3 is 2.92 bits per heavy atom. The maximum Gasteiger partial charge on any atom is 0.251 e. The SMILES string of the molecule is O=C(NC[C@H]1OC[C@@H](NCc2ncc[nH]2)[C@@H]1O)c1ccc(F)cc1. The van der Waals surface area contributed by atoms with Crippen molar-refractivity contribution in [1.82, 2.24) is 20.6 Å². The van der Waals surface area contributed by atoms with E-state index in [9.17, 15) is 14.3 Å². The lowest BCUT2D eigenvalue weighted by Gasteiger charge is -2.18. The molecule has 4 N–H and O–H groups in total. The van der Waals surface area contributed by atoms with E-state index < -0.39 is 18.0 Å². The van der Waals surface area contributed by atoms with Crippen molar-refractivity contribution in [3.05, 3.63) is 53.9 Å². The number of ether oxygens (including phenoxy) is 1. The number of aromatic amines is 1. The Balaban J connectivity index is 1.46. The highest BCUT2D eigenvalue weighted by atomic mass is 19.1. The van der Waals surface area contributed by atoms with Crippen LogP contribution in [0.25, 0.3) is 0 Å². The molecule has 3 atom stereocenters. The summed E-state index contributed by atoms with van der Waals surface area (Å²) >= 11 is 0. The molecule has 1 aromatic carbocycles. The molecule has 2 heterocycles. The molecule has 1 aliphatic rings. The van der Waals surface area contributed by atoms with Gasteiger partial charge in [0.1, 0.15) is 17.7 Å². The summed E-state index contributed by atoms with van der Waals surface area (Å²) in [6.07, 6.45) is 2.15. The number of carbonyl (C=O) groups excluding carboxylic acids is 1. The van der Waals surface area contributed by atoms with Crippen molar-refractivity contribution in [3.63, 3.8) is 0 Å². The second-order valence-electron chi connectivity index (χ2n) is 5.60. The quantitative estimate of drug-likeness (QED) is 0.605. The number of aliphatic hydroxyl groups is 1. The molecule has 1 fully saturated rings. The Kier molecular flexibility index (Phi) is 5.19. The summed E-state index contributed by atoms with van der Waals surface area (Å²) in [4.78, 5) is 19.0. The molecule has 0 spiro atoms. The van der Waals surface area contributed by atoms with E-state index >= 15 is 0 Å². The molecule has 3 rings (SSSR count). The van der Waals surface area contributed by atoms with Gasteiger partial charge >= 0.3 is 0 Å². The largest absolute Gasteiger partial charge is 0.389 e. The van der Waals surface area contributed by atoms with Gasteiger partial charge in [-0.25, -0.2) is 9.37 Å². The number of nitrogens with zero attached hydrogens (tertiary/aromatic N) is 1. The van der Waals surface area contributed by atoms with Gasteiger partial charge in [0.15, 0.2) is 0 Å². The predicted molar refractivity (Wildman–Crippen MR) is 83.7 cm³/mol. The zero-order chi connectivity index (χ0) is 16.9. The highest BCUT2D eigenvalue weighted by Gasteiger charge is 2.35. The zero-order valence-electron chi connectivity index (χ0n) is 12.9. The molecule has 0 aliphatic carbocycles. The maximum atomic E-state index is 12.9. The van der Waals surface area contributed by atoms with E-state index in [-0.39, 0.29) is 18.5 Å². The Morgan fingerprint density at radius 1 is 1.42 bits per heavy atom. The number of H-pyrrole nitrogens is 1. The topological polar surface area (TPSA) is 99.3 Å². The number of rotatable bonds is 6. The second-order valence-corrected chi connectivity index (χ2v) is 5.60. The molecule has 7 nitrogen and oxygen atoms in total. The minimum atomic E-state index is -0.742. The molecule has 1 amide bonds. The van der Waals surface area contributed by atoms with Crippen molar-refractivity contribution >= 4 is 5.91 Å². The first kappa shape index (κ1) is 16.6. The van der Waals surface area contributed by atoms with Crippen molar-refractivity contribution in [2.24, 2.45) is 0 Å². The smallest absolute Gasteiger partial charge is 0.251 e. The van der Waals surface area contributed by atoms with E-state index in [2.05, 4.69) is 20.6 Å². The van der Waals surface area contributed by atoms with Crippen molar-refractivity contribution in [2.75, 3.05) is 13.2 Å². The fourth-order valence-electron chi connectivity index (χ4n) is 2.56. The first-order valence-electron chi connectivity index (χ1n) is 7.68. The molecule has 128 valence electrons. The summed E-state index contributed by atoms with van der Waals surface area (Å²) in [5.41, 5.74) is 0.358. The van der Waals surface area contributed by atoms with E-state index in [4.69, 9.17) is 4.74 Å². The molecule has 0 unspecified atom stereocenters. The lowest BCUT2D eigenvalue weighted by atomic mass is 10.1. The molecule has 1 aromatic heterocycles. The Hall–Kier alpha value is -2.29. The number of amides is 1. The first-order valence-corrected chi connectivity index (χ1v) is 7.68. The number of carbonyl (C=O) groups is 1. The molecule has 1 aliphatic heterocycles. The van der Waals surface area contributed by atoms with Gasteiger partial charge in [-0.05, 0) is 24.3 Å². The van der Waals surface area contributed by atoms with Crippen LogP contribution in [-0.2, 0) is 11.3 Å². The van der Waals surface area contributed by atoms with Crippen molar-refractivity contribution in [3.8, 4) is 0 Å². The normalized spacial score (nSPS) is 23.3. The molecule has 1 saturated heterocycles. The van der Waals surface area contributed by atoms with Crippen molar-refractivity contribution in [2.45, 2.75) is 24.8 Å². The first-order chi connectivity index (χ1) is 11.6. The van der Waals surface area contributed by atoms with Gasteiger partial charge in [0, 0.05) is 24.5 Å². The average molecular weight is 334 g/mol. The van der Waals surface area contributed by atoms with E-state index in [1.165, 1.54) is 24.3 Å². The number of halogens is 1. The summed E-state index contributed by atoms with van der Waals surface area (Å²) in [7, 11) is 0. The fourth-order valence-corrected chi connectivity index (χ4v) is 2.56. The number of hydrogen-bond donors (Lipinski definition) is 4. The van der Waals surface area contributed by atoms with Crippen LogP contribution in [0.5, 0.6) is 0 Å². The molecular formula is C16H19FN4O3. The Labute approximate surface area is 138 Å². The van der Waals surface area contributed by atoms with Crippen LogP contribution in [-0.4, -0.2) is 52.4 Å². The fraction of sp³-hybridized carbons (Fsp3) is 0.375. The molecule has 0 saturated carbocycles.